The Labute approximate surface area is 409 Å². The van der Waals surface area contributed by atoms with Gasteiger partial charge in [0.25, 0.3) is 0 Å². The number of ether oxygens (including phenoxy) is 1. The molecular formula is C54H100N10O3. The van der Waals surface area contributed by atoms with Gasteiger partial charge in [-0.1, -0.05) is 40.0 Å². The van der Waals surface area contributed by atoms with E-state index >= 15 is 0 Å². The normalized spacial score (nSPS) is 27.3. The van der Waals surface area contributed by atoms with Gasteiger partial charge < -0.3 is 24.8 Å². The molecule has 0 spiro atoms. The van der Waals surface area contributed by atoms with E-state index in [9.17, 15) is 9.59 Å². The number of likely N-dealkylation sites (tertiary alicyclic amines) is 3. The molecule has 1 N–H and O–H groups in total. The van der Waals surface area contributed by atoms with Gasteiger partial charge >= 0.3 is 0 Å². The second-order valence-corrected chi connectivity index (χ2v) is 25.8. The fraction of sp³-hybridized carbons (Fsp3) is 0.907. The zero-order chi connectivity index (χ0) is 50.1. The van der Waals surface area contributed by atoms with Crippen molar-refractivity contribution >= 4 is 23.7 Å². The van der Waals surface area contributed by atoms with E-state index in [2.05, 4.69) is 148 Å². The summed E-state index contributed by atoms with van der Waals surface area (Å²) in [6.07, 6.45) is 13.1. The SMILES string of the molecule is CCC(C)CC1C(=O)N(C2CC(C)(C)NC(C)(C)C2)C(=O)C1C.Cc1nc(N2CCOCC2)nc(N(CCCCCCN(C)C2CC(C)(C)N(C)C(C)(C)C2)C2CC(C)(C)N(C)C(C)(C)C2)n1. The van der Waals surface area contributed by atoms with Crippen molar-refractivity contribution in [3.63, 3.8) is 0 Å². The van der Waals surface area contributed by atoms with Crippen molar-refractivity contribution in [1.29, 1.82) is 0 Å². The molecule has 5 aliphatic heterocycles. The first-order chi connectivity index (χ1) is 30.9. The van der Waals surface area contributed by atoms with E-state index in [0.29, 0.717) is 18.0 Å². The molecule has 2 amide bonds. The van der Waals surface area contributed by atoms with Crippen molar-refractivity contribution in [2.45, 2.75) is 239 Å². The van der Waals surface area contributed by atoms with Gasteiger partial charge in [0, 0.05) is 76.9 Å². The van der Waals surface area contributed by atoms with E-state index in [0.717, 1.165) is 95.5 Å². The standard InChI is InChI=1S/C35H66N8O.C19H34N2O2/c1-27-36-30(42-19-21-44-22-20-42)38-31(37-27)43(29-25-34(6,7)41(12)35(8,9)26-29)18-16-14-13-15-17-39(10)28-23-32(2,3)40(11)33(4,5)24-28;1-8-12(2)9-15-13(3)16(22)21(17(15)23)14-10-18(4,5)20-19(6,7)11-14/h28-29H,13-26H2,1-12H3;12-15,20H,8-11H2,1-7H3. The third-order valence-corrected chi connectivity index (χ3v) is 17.2. The fourth-order valence-electron chi connectivity index (χ4n) is 12.9. The molecule has 1 aromatic heterocycles. The monoisotopic (exact) mass is 937 g/mol. The number of amides is 2. The Morgan fingerprint density at radius 1 is 0.701 bits per heavy atom. The van der Waals surface area contributed by atoms with Gasteiger partial charge in [0.05, 0.1) is 19.1 Å². The van der Waals surface area contributed by atoms with Gasteiger partial charge in [-0.25, -0.2) is 0 Å². The average Bonchev–Trinajstić information content (AvgIpc) is 3.42. The summed E-state index contributed by atoms with van der Waals surface area (Å²) in [6.45, 7) is 41.4. The van der Waals surface area contributed by atoms with Crippen LogP contribution in [0.25, 0.3) is 0 Å². The lowest BCUT2D eigenvalue weighted by molar-refractivity contribution is -0.144. The maximum absolute atomic E-state index is 13.0. The van der Waals surface area contributed by atoms with Crippen LogP contribution in [-0.2, 0) is 14.3 Å². The number of imide groups is 1. The summed E-state index contributed by atoms with van der Waals surface area (Å²) in [7, 11) is 6.94. The minimum Gasteiger partial charge on any atom is -0.378 e. The summed E-state index contributed by atoms with van der Waals surface area (Å²) in [4.78, 5) is 54.8. The van der Waals surface area contributed by atoms with Crippen LogP contribution >= 0.6 is 0 Å². The first-order valence-electron chi connectivity index (χ1n) is 26.6. The third kappa shape index (κ3) is 13.7. The van der Waals surface area contributed by atoms with Crippen LogP contribution in [0.3, 0.4) is 0 Å². The van der Waals surface area contributed by atoms with Crippen LogP contribution < -0.4 is 15.1 Å². The molecule has 5 fully saturated rings. The number of carbonyl (C=O) groups is 2. The zero-order valence-corrected chi connectivity index (χ0v) is 46.4. The number of morpholine rings is 1. The second kappa shape index (κ2) is 21.5. The summed E-state index contributed by atoms with van der Waals surface area (Å²) in [5, 5.41) is 3.63. The number of rotatable bonds is 15. The molecule has 3 atom stereocenters. The predicted octanol–water partition coefficient (Wildman–Crippen LogP) is 8.97. The van der Waals surface area contributed by atoms with Crippen LogP contribution in [0.1, 0.15) is 187 Å². The minimum atomic E-state index is -0.169. The van der Waals surface area contributed by atoms with E-state index in [1.165, 1.54) is 38.6 Å². The average molecular weight is 937 g/mol. The van der Waals surface area contributed by atoms with E-state index < -0.39 is 0 Å². The molecule has 0 radical (unpaired) electrons. The third-order valence-electron chi connectivity index (χ3n) is 17.2. The maximum Gasteiger partial charge on any atom is 0.233 e. The highest BCUT2D eigenvalue weighted by molar-refractivity contribution is 6.05. The number of hydrogen-bond acceptors (Lipinski definition) is 12. The number of unbranched alkanes of at least 4 members (excludes halogenated alkanes) is 3. The van der Waals surface area contributed by atoms with Gasteiger partial charge in [-0.2, -0.15) is 15.0 Å². The van der Waals surface area contributed by atoms with Gasteiger partial charge in [0.2, 0.25) is 23.7 Å². The molecule has 13 nitrogen and oxygen atoms in total. The highest BCUT2D eigenvalue weighted by Gasteiger charge is 2.52. The number of aromatic nitrogens is 3. The minimum absolute atomic E-state index is 0.0191. The zero-order valence-electron chi connectivity index (χ0n) is 46.4. The van der Waals surface area contributed by atoms with Crippen LogP contribution in [0.15, 0.2) is 0 Å². The molecule has 6 heterocycles. The Bertz CT molecular complexity index is 1750. The van der Waals surface area contributed by atoms with Crippen LogP contribution in [0, 0.1) is 24.7 Å². The molecule has 0 aromatic carbocycles. The molecule has 3 unspecified atom stereocenters. The Hall–Kier alpha value is -2.45. The summed E-state index contributed by atoms with van der Waals surface area (Å²) in [5.41, 5.74) is 0.533. The lowest BCUT2D eigenvalue weighted by Crippen LogP contribution is -2.63. The molecule has 5 saturated heterocycles. The molecule has 6 rings (SSSR count). The first kappa shape index (κ1) is 55.5. The van der Waals surface area contributed by atoms with Gasteiger partial charge in [0.1, 0.15) is 5.82 Å². The summed E-state index contributed by atoms with van der Waals surface area (Å²) in [5.74, 6) is 2.76. The summed E-state index contributed by atoms with van der Waals surface area (Å²) < 4.78 is 5.60. The number of nitrogens with one attached hydrogen (secondary N) is 1. The number of anilines is 2. The molecule has 67 heavy (non-hydrogen) atoms. The van der Waals surface area contributed by atoms with Crippen molar-refractivity contribution in [1.82, 2.24) is 39.9 Å². The smallest absolute Gasteiger partial charge is 0.233 e. The highest BCUT2D eigenvalue weighted by Crippen LogP contribution is 2.42. The number of hydrogen-bond donors (Lipinski definition) is 1. The quantitative estimate of drug-likeness (QED) is 0.134. The number of carbonyl (C=O) groups excluding carboxylic acids is 2. The number of piperidine rings is 3. The topological polar surface area (TPSA) is 114 Å². The predicted molar refractivity (Wildman–Crippen MR) is 277 cm³/mol. The molecule has 13 heteroatoms. The van der Waals surface area contributed by atoms with Crippen LogP contribution in [0.4, 0.5) is 11.9 Å². The van der Waals surface area contributed by atoms with Crippen LogP contribution in [-0.4, -0.2) is 158 Å². The second-order valence-electron chi connectivity index (χ2n) is 25.8. The van der Waals surface area contributed by atoms with Crippen molar-refractivity contribution in [2.24, 2.45) is 17.8 Å². The lowest BCUT2D eigenvalue weighted by Gasteiger charge is -2.55. The highest BCUT2D eigenvalue weighted by atomic mass is 16.5. The largest absolute Gasteiger partial charge is 0.378 e. The molecular weight excluding hydrogens is 837 g/mol. The van der Waals surface area contributed by atoms with Gasteiger partial charge in [0.15, 0.2) is 0 Å². The number of nitrogens with zero attached hydrogens (tertiary/aromatic N) is 9. The van der Waals surface area contributed by atoms with E-state index in [4.69, 9.17) is 19.7 Å². The fourth-order valence-corrected chi connectivity index (χ4v) is 12.9. The summed E-state index contributed by atoms with van der Waals surface area (Å²) >= 11 is 0. The first-order valence-corrected chi connectivity index (χ1v) is 26.6. The van der Waals surface area contributed by atoms with Crippen molar-refractivity contribution in [2.75, 3.05) is 70.3 Å². The molecule has 1 aromatic rings. The van der Waals surface area contributed by atoms with E-state index in [1.807, 2.05) is 13.8 Å². The van der Waals surface area contributed by atoms with Crippen molar-refractivity contribution < 1.29 is 14.3 Å². The van der Waals surface area contributed by atoms with Gasteiger partial charge in [-0.15, -0.1) is 0 Å². The van der Waals surface area contributed by atoms with Crippen molar-refractivity contribution in [3.05, 3.63) is 5.82 Å². The Kier molecular flexibility index (Phi) is 17.8. The number of aryl methyl sites for hydroxylation is 1. The molecule has 0 saturated carbocycles. The Morgan fingerprint density at radius 3 is 1.70 bits per heavy atom. The maximum atomic E-state index is 13.0. The van der Waals surface area contributed by atoms with Crippen molar-refractivity contribution in [3.8, 4) is 0 Å². The van der Waals surface area contributed by atoms with Crippen LogP contribution in [0.2, 0.25) is 0 Å². The summed E-state index contributed by atoms with van der Waals surface area (Å²) in [6, 6.07) is 1.05. The lowest BCUT2D eigenvalue weighted by atomic mass is 9.77. The van der Waals surface area contributed by atoms with Crippen LogP contribution in [0.5, 0.6) is 0 Å². The Morgan fingerprint density at radius 2 is 1.19 bits per heavy atom. The molecule has 384 valence electrons. The molecule has 5 aliphatic rings. The van der Waals surface area contributed by atoms with E-state index in [-0.39, 0.29) is 62.9 Å². The Balaban J connectivity index is 0.000000306. The van der Waals surface area contributed by atoms with E-state index in [1.54, 1.807) is 4.90 Å². The van der Waals surface area contributed by atoms with Gasteiger partial charge in [-0.3, -0.25) is 24.3 Å². The van der Waals surface area contributed by atoms with Gasteiger partial charge in [-0.05, 0) is 181 Å². The molecule has 0 aliphatic carbocycles. The molecule has 0 bridgehead atoms.